The number of rotatable bonds is 9. The molecule has 7 nitrogen and oxygen atoms in total. The molecule has 1 aliphatic rings. The van der Waals surface area contributed by atoms with Gasteiger partial charge in [0.2, 0.25) is 11.8 Å². The second-order valence-corrected chi connectivity index (χ2v) is 5.64. The van der Waals surface area contributed by atoms with Crippen LogP contribution in [-0.4, -0.2) is 46.3 Å². The topological polar surface area (TPSA) is 85.9 Å². The summed E-state index contributed by atoms with van der Waals surface area (Å²) in [5.74, 6) is 0.368. The van der Waals surface area contributed by atoms with Crippen molar-refractivity contribution in [2.75, 3.05) is 39.8 Å². The largest absolute Gasteiger partial charge is 0.497 e. The Morgan fingerprint density at radius 1 is 1.12 bits per heavy atom. The molecule has 1 fully saturated rings. The minimum atomic E-state index is -0.292. The normalized spacial score (nSPS) is 18.6. The Hall–Kier alpha value is -2.28. The van der Waals surface area contributed by atoms with E-state index in [0.717, 1.165) is 6.42 Å². The Morgan fingerprint density at radius 3 is 2.54 bits per heavy atom. The van der Waals surface area contributed by atoms with E-state index in [-0.39, 0.29) is 23.7 Å². The summed E-state index contributed by atoms with van der Waals surface area (Å²) in [5, 5.41) is 5.64. The van der Waals surface area contributed by atoms with Gasteiger partial charge in [-0.3, -0.25) is 9.59 Å². The number of hydrogen-bond donors (Lipinski definition) is 2. The second-order valence-electron chi connectivity index (χ2n) is 5.64. The van der Waals surface area contributed by atoms with Crippen LogP contribution in [0.25, 0.3) is 0 Å². The Balaban J connectivity index is 1.85. The zero-order valence-electron chi connectivity index (χ0n) is 14.3. The Labute approximate surface area is 141 Å². The van der Waals surface area contributed by atoms with Crippen LogP contribution >= 0.6 is 0 Å². The van der Waals surface area contributed by atoms with E-state index >= 15 is 0 Å². The van der Waals surface area contributed by atoms with E-state index < -0.39 is 0 Å². The van der Waals surface area contributed by atoms with Crippen LogP contribution in [0.15, 0.2) is 18.2 Å². The lowest BCUT2D eigenvalue weighted by atomic mass is 10.2. The van der Waals surface area contributed by atoms with Crippen LogP contribution in [0.3, 0.4) is 0 Å². The number of carbonyl (C=O) groups is 2. The third kappa shape index (κ3) is 4.61. The van der Waals surface area contributed by atoms with Gasteiger partial charge in [-0.05, 0) is 25.0 Å². The lowest BCUT2D eigenvalue weighted by Gasteiger charge is -2.11. The first kappa shape index (κ1) is 18.1. The molecule has 2 amide bonds. The van der Waals surface area contributed by atoms with Gasteiger partial charge in [-0.1, -0.05) is 0 Å². The number of hydrogen-bond acceptors (Lipinski definition) is 5. The molecule has 1 aliphatic carbocycles. The van der Waals surface area contributed by atoms with Gasteiger partial charge >= 0.3 is 0 Å². The van der Waals surface area contributed by atoms with Gasteiger partial charge in [-0.25, -0.2) is 0 Å². The molecule has 1 aromatic rings. The summed E-state index contributed by atoms with van der Waals surface area (Å²) in [7, 11) is 4.71. The van der Waals surface area contributed by atoms with E-state index in [4.69, 9.17) is 14.2 Å². The number of ether oxygens (including phenoxy) is 3. The van der Waals surface area contributed by atoms with Crippen molar-refractivity contribution in [1.82, 2.24) is 5.32 Å². The van der Waals surface area contributed by atoms with Gasteiger partial charge in [-0.15, -0.1) is 0 Å². The third-order valence-corrected chi connectivity index (χ3v) is 3.96. The van der Waals surface area contributed by atoms with E-state index in [1.54, 1.807) is 32.4 Å². The number of methoxy groups -OCH3 is 3. The lowest BCUT2D eigenvalue weighted by Crippen LogP contribution is -2.28. The number of amides is 2. The highest BCUT2D eigenvalue weighted by Crippen LogP contribution is 2.40. The highest BCUT2D eigenvalue weighted by Gasteiger charge is 2.48. The minimum absolute atomic E-state index is 0.0760. The van der Waals surface area contributed by atoms with Crippen LogP contribution in [0.5, 0.6) is 11.5 Å². The molecule has 2 unspecified atom stereocenters. The van der Waals surface area contributed by atoms with Crippen LogP contribution in [0.1, 0.15) is 12.8 Å². The van der Waals surface area contributed by atoms with Gasteiger partial charge in [0, 0.05) is 26.3 Å². The van der Waals surface area contributed by atoms with Gasteiger partial charge in [0.05, 0.1) is 31.7 Å². The SMILES string of the molecule is COCCCNC(=O)C1CC1C(=O)Nc1ccc(OC)cc1OC. The molecule has 0 aliphatic heterocycles. The highest BCUT2D eigenvalue weighted by atomic mass is 16.5. The number of benzene rings is 1. The third-order valence-electron chi connectivity index (χ3n) is 3.96. The monoisotopic (exact) mass is 336 g/mol. The van der Waals surface area contributed by atoms with Crippen molar-refractivity contribution in [3.8, 4) is 11.5 Å². The van der Waals surface area contributed by atoms with Crippen LogP contribution in [-0.2, 0) is 14.3 Å². The van der Waals surface area contributed by atoms with Crippen molar-refractivity contribution in [2.45, 2.75) is 12.8 Å². The van der Waals surface area contributed by atoms with E-state index in [9.17, 15) is 9.59 Å². The van der Waals surface area contributed by atoms with Crippen molar-refractivity contribution < 1.29 is 23.8 Å². The Kier molecular flexibility index (Phi) is 6.43. The van der Waals surface area contributed by atoms with Crippen LogP contribution in [0, 0.1) is 11.8 Å². The summed E-state index contributed by atoms with van der Waals surface area (Å²) < 4.78 is 15.3. The van der Waals surface area contributed by atoms with Crippen LogP contribution in [0.2, 0.25) is 0 Å². The first-order valence-corrected chi connectivity index (χ1v) is 7.90. The van der Waals surface area contributed by atoms with Crippen molar-refractivity contribution in [1.29, 1.82) is 0 Å². The first-order valence-electron chi connectivity index (χ1n) is 7.90. The fraction of sp³-hybridized carbons (Fsp3) is 0.529. The predicted molar refractivity (Wildman–Crippen MR) is 89.3 cm³/mol. The lowest BCUT2D eigenvalue weighted by molar-refractivity contribution is -0.125. The van der Waals surface area contributed by atoms with Gasteiger partial charge in [0.25, 0.3) is 0 Å². The van der Waals surface area contributed by atoms with E-state index in [1.807, 2.05) is 0 Å². The maximum atomic E-state index is 12.3. The molecular formula is C17H24N2O5. The molecule has 1 aromatic carbocycles. The summed E-state index contributed by atoms with van der Waals surface area (Å²) in [5.41, 5.74) is 0.564. The minimum Gasteiger partial charge on any atom is -0.497 e. The molecule has 0 spiro atoms. The molecule has 2 N–H and O–H groups in total. The molecule has 0 bridgehead atoms. The summed E-state index contributed by atoms with van der Waals surface area (Å²) >= 11 is 0. The molecule has 0 radical (unpaired) electrons. The molecule has 2 rings (SSSR count). The average Bonchev–Trinajstić information content (AvgIpc) is 3.39. The van der Waals surface area contributed by atoms with Crippen LogP contribution < -0.4 is 20.1 Å². The molecular weight excluding hydrogens is 312 g/mol. The Bertz CT molecular complexity index is 590. The van der Waals surface area contributed by atoms with E-state index in [2.05, 4.69) is 10.6 Å². The number of carbonyl (C=O) groups excluding carboxylic acids is 2. The maximum absolute atomic E-state index is 12.3. The molecule has 7 heteroatoms. The van der Waals surface area contributed by atoms with E-state index in [1.165, 1.54) is 7.11 Å². The molecule has 0 saturated heterocycles. The zero-order valence-corrected chi connectivity index (χ0v) is 14.3. The molecule has 0 aromatic heterocycles. The number of anilines is 1. The van der Waals surface area contributed by atoms with Crippen molar-refractivity contribution >= 4 is 17.5 Å². The molecule has 0 heterocycles. The maximum Gasteiger partial charge on any atom is 0.228 e. The standard InChI is InChI=1S/C17H24N2O5/c1-22-8-4-7-18-16(20)12-10-13(12)17(21)19-14-6-5-11(23-2)9-15(14)24-3/h5-6,9,12-13H,4,7-8,10H2,1-3H3,(H,18,20)(H,19,21). The highest BCUT2D eigenvalue weighted by molar-refractivity contribution is 6.00. The van der Waals surface area contributed by atoms with Gasteiger partial charge in [0.1, 0.15) is 11.5 Å². The second kappa shape index (κ2) is 8.54. The smallest absolute Gasteiger partial charge is 0.228 e. The van der Waals surface area contributed by atoms with Gasteiger partial charge in [-0.2, -0.15) is 0 Å². The zero-order chi connectivity index (χ0) is 17.5. The van der Waals surface area contributed by atoms with Crippen molar-refractivity contribution in [2.24, 2.45) is 11.8 Å². The van der Waals surface area contributed by atoms with E-state index in [0.29, 0.717) is 36.8 Å². The van der Waals surface area contributed by atoms with Crippen LogP contribution in [0.4, 0.5) is 5.69 Å². The summed E-state index contributed by atoms with van der Waals surface area (Å²) in [6.07, 6.45) is 1.33. The molecule has 1 saturated carbocycles. The fourth-order valence-corrected chi connectivity index (χ4v) is 2.46. The van der Waals surface area contributed by atoms with Gasteiger partial charge < -0.3 is 24.8 Å². The molecule has 24 heavy (non-hydrogen) atoms. The average molecular weight is 336 g/mol. The molecule has 132 valence electrons. The molecule has 2 atom stereocenters. The quantitative estimate of drug-likeness (QED) is 0.666. The summed E-state index contributed by atoms with van der Waals surface area (Å²) in [6.45, 7) is 1.16. The first-order chi connectivity index (χ1) is 11.6. The number of nitrogens with one attached hydrogen (secondary N) is 2. The van der Waals surface area contributed by atoms with Gasteiger partial charge in [0.15, 0.2) is 0 Å². The summed E-state index contributed by atoms with van der Waals surface area (Å²) in [4.78, 5) is 24.3. The predicted octanol–water partition coefficient (Wildman–Crippen LogP) is 1.43. The van der Waals surface area contributed by atoms with Crippen molar-refractivity contribution in [3.63, 3.8) is 0 Å². The van der Waals surface area contributed by atoms with Crippen molar-refractivity contribution in [3.05, 3.63) is 18.2 Å². The summed E-state index contributed by atoms with van der Waals surface area (Å²) in [6, 6.07) is 5.16. The fourth-order valence-electron chi connectivity index (χ4n) is 2.46. The Morgan fingerprint density at radius 2 is 1.88 bits per heavy atom.